The summed E-state index contributed by atoms with van der Waals surface area (Å²) < 4.78 is 1.69. The van der Waals surface area contributed by atoms with Crippen molar-refractivity contribution in [1.29, 1.82) is 0 Å². The Morgan fingerprint density at radius 1 is 1.11 bits per heavy atom. The number of nitrogens with zero attached hydrogens (tertiary/aromatic N) is 5. The molecular weight excluding hydrogens is 352 g/mol. The Morgan fingerprint density at radius 3 is 2.68 bits per heavy atom. The summed E-state index contributed by atoms with van der Waals surface area (Å²) in [7, 11) is 0. The van der Waals surface area contributed by atoms with Gasteiger partial charge < -0.3 is 10.2 Å². The van der Waals surface area contributed by atoms with Crippen LogP contribution >= 0.6 is 0 Å². The van der Waals surface area contributed by atoms with Crippen LogP contribution in [0.5, 0.6) is 0 Å². The SMILES string of the molecule is O=C(CCc1ccccc1)N1CCC(Nc2cncc(-n3cccn3)n2)CC1. The van der Waals surface area contributed by atoms with E-state index in [1.807, 2.05) is 35.4 Å². The van der Waals surface area contributed by atoms with E-state index in [4.69, 9.17) is 0 Å². The number of piperidine rings is 1. The lowest BCUT2D eigenvalue weighted by molar-refractivity contribution is -0.132. The summed E-state index contributed by atoms with van der Waals surface area (Å²) in [5.74, 6) is 1.66. The van der Waals surface area contributed by atoms with Crippen molar-refractivity contribution in [3.8, 4) is 5.82 Å². The molecule has 2 aromatic heterocycles. The minimum absolute atomic E-state index is 0.239. The van der Waals surface area contributed by atoms with Crippen molar-refractivity contribution in [2.75, 3.05) is 18.4 Å². The van der Waals surface area contributed by atoms with E-state index in [0.29, 0.717) is 18.3 Å². The van der Waals surface area contributed by atoms with Crippen LogP contribution in [0.4, 0.5) is 5.82 Å². The second-order valence-corrected chi connectivity index (χ2v) is 7.00. The van der Waals surface area contributed by atoms with Gasteiger partial charge in [-0.25, -0.2) is 9.67 Å². The van der Waals surface area contributed by atoms with Crippen molar-refractivity contribution in [3.63, 3.8) is 0 Å². The highest BCUT2D eigenvalue weighted by Crippen LogP contribution is 2.17. The maximum Gasteiger partial charge on any atom is 0.222 e. The number of aromatic nitrogens is 4. The zero-order valence-electron chi connectivity index (χ0n) is 15.7. The molecule has 1 N–H and O–H groups in total. The first-order valence-electron chi connectivity index (χ1n) is 9.68. The molecule has 7 heteroatoms. The molecular formula is C21H24N6O. The molecule has 3 heterocycles. The Bertz CT molecular complexity index is 888. The van der Waals surface area contributed by atoms with Gasteiger partial charge in [-0.3, -0.25) is 9.78 Å². The van der Waals surface area contributed by atoms with Crippen LogP contribution in [-0.2, 0) is 11.2 Å². The molecule has 0 spiro atoms. The first-order chi connectivity index (χ1) is 13.8. The number of carbonyl (C=O) groups is 1. The number of likely N-dealkylation sites (tertiary alicyclic amines) is 1. The maximum absolute atomic E-state index is 12.5. The molecule has 1 saturated heterocycles. The lowest BCUT2D eigenvalue weighted by atomic mass is 10.0. The van der Waals surface area contributed by atoms with E-state index >= 15 is 0 Å². The average molecular weight is 376 g/mol. The number of anilines is 1. The van der Waals surface area contributed by atoms with Crippen LogP contribution in [-0.4, -0.2) is 49.7 Å². The zero-order valence-corrected chi connectivity index (χ0v) is 15.7. The average Bonchev–Trinajstić information content (AvgIpc) is 3.29. The Hall–Kier alpha value is -3.22. The second kappa shape index (κ2) is 8.65. The minimum atomic E-state index is 0.239. The molecule has 7 nitrogen and oxygen atoms in total. The monoisotopic (exact) mass is 376 g/mol. The number of hydrogen-bond donors (Lipinski definition) is 1. The van der Waals surface area contributed by atoms with Crippen LogP contribution in [0.25, 0.3) is 5.82 Å². The number of carbonyl (C=O) groups excluding carboxylic acids is 1. The second-order valence-electron chi connectivity index (χ2n) is 7.00. The molecule has 0 saturated carbocycles. The number of aryl methyl sites for hydroxylation is 1. The van der Waals surface area contributed by atoms with Crippen LogP contribution in [0.1, 0.15) is 24.8 Å². The van der Waals surface area contributed by atoms with Crippen molar-refractivity contribution < 1.29 is 4.79 Å². The smallest absolute Gasteiger partial charge is 0.222 e. The topological polar surface area (TPSA) is 75.9 Å². The third-order valence-corrected chi connectivity index (χ3v) is 5.03. The van der Waals surface area contributed by atoms with E-state index in [1.165, 1.54) is 5.56 Å². The summed E-state index contributed by atoms with van der Waals surface area (Å²) in [6, 6.07) is 12.3. The van der Waals surface area contributed by atoms with Crippen LogP contribution < -0.4 is 5.32 Å². The standard InChI is InChI=1S/C21H24N6O/c28-21(8-7-17-5-2-1-3-6-17)26-13-9-18(10-14-26)24-19-15-22-16-20(25-19)27-12-4-11-23-27/h1-6,11-12,15-16,18H,7-10,13-14H2,(H,24,25). The molecule has 0 radical (unpaired) electrons. The Balaban J connectivity index is 1.26. The van der Waals surface area contributed by atoms with E-state index in [1.54, 1.807) is 23.3 Å². The van der Waals surface area contributed by atoms with Gasteiger partial charge in [-0.2, -0.15) is 5.10 Å². The fourth-order valence-corrected chi connectivity index (χ4v) is 3.48. The quantitative estimate of drug-likeness (QED) is 0.716. The fourth-order valence-electron chi connectivity index (χ4n) is 3.48. The summed E-state index contributed by atoms with van der Waals surface area (Å²) in [4.78, 5) is 23.3. The zero-order chi connectivity index (χ0) is 19.2. The molecule has 0 bridgehead atoms. The van der Waals surface area contributed by atoms with E-state index in [0.717, 1.165) is 38.2 Å². The fraction of sp³-hybridized carbons (Fsp3) is 0.333. The molecule has 4 rings (SSSR count). The predicted octanol–water partition coefficient (Wildman–Crippen LogP) is 2.70. The van der Waals surface area contributed by atoms with Gasteiger partial charge in [-0.1, -0.05) is 30.3 Å². The van der Waals surface area contributed by atoms with Crippen LogP contribution in [0.2, 0.25) is 0 Å². The molecule has 28 heavy (non-hydrogen) atoms. The Labute approximate surface area is 164 Å². The highest BCUT2D eigenvalue weighted by Gasteiger charge is 2.22. The van der Waals surface area contributed by atoms with Crippen molar-refractivity contribution in [2.45, 2.75) is 31.7 Å². The van der Waals surface area contributed by atoms with Gasteiger partial charge in [0.05, 0.1) is 12.4 Å². The molecule has 1 fully saturated rings. The predicted molar refractivity (Wildman–Crippen MR) is 107 cm³/mol. The van der Waals surface area contributed by atoms with Gasteiger partial charge >= 0.3 is 0 Å². The Morgan fingerprint density at radius 2 is 1.93 bits per heavy atom. The van der Waals surface area contributed by atoms with E-state index in [2.05, 4.69) is 32.5 Å². The van der Waals surface area contributed by atoms with Gasteiger partial charge in [0.2, 0.25) is 5.91 Å². The van der Waals surface area contributed by atoms with Crippen LogP contribution in [0, 0.1) is 0 Å². The van der Waals surface area contributed by atoms with E-state index in [-0.39, 0.29) is 5.91 Å². The number of nitrogens with one attached hydrogen (secondary N) is 1. The van der Waals surface area contributed by atoms with Gasteiger partial charge in [-0.15, -0.1) is 0 Å². The highest BCUT2D eigenvalue weighted by molar-refractivity contribution is 5.76. The van der Waals surface area contributed by atoms with Crippen molar-refractivity contribution in [1.82, 2.24) is 24.6 Å². The summed E-state index contributed by atoms with van der Waals surface area (Å²) in [5, 5.41) is 7.63. The molecule has 3 aromatic rings. The molecule has 1 amide bonds. The molecule has 0 aliphatic carbocycles. The molecule has 1 aliphatic heterocycles. The molecule has 0 atom stereocenters. The number of benzene rings is 1. The summed E-state index contributed by atoms with van der Waals surface area (Å²) in [6.07, 6.45) is 10.2. The largest absolute Gasteiger partial charge is 0.366 e. The summed E-state index contributed by atoms with van der Waals surface area (Å²) in [6.45, 7) is 1.55. The third kappa shape index (κ3) is 4.54. The van der Waals surface area contributed by atoms with Gasteiger partial charge in [0.15, 0.2) is 5.82 Å². The normalized spacial score (nSPS) is 14.8. The minimum Gasteiger partial charge on any atom is -0.366 e. The molecule has 144 valence electrons. The number of rotatable bonds is 6. The van der Waals surface area contributed by atoms with Gasteiger partial charge in [-0.05, 0) is 30.9 Å². The molecule has 1 aliphatic rings. The molecule has 1 aromatic carbocycles. The van der Waals surface area contributed by atoms with Crippen molar-refractivity contribution in [3.05, 3.63) is 66.7 Å². The van der Waals surface area contributed by atoms with Crippen molar-refractivity contribution in [2.24, 2.45) is 0 Å². The maximum atomic E-state index is 12.5. The van der Waals surface area contributed by atoms with Crippen LogP contribution in [0.3, 0.4) is 0 Å². The van der Waals surface area contributed by atoms with Crippen molar-refractivity contribution >= 4 is 11.7 Å². The first-order valence-corrected chi connectivity index (χ1v) is 9.68. The third-order valence-electron chi connectivity index (χ3n) is 5.03. The lowest BCUT2D eigenvalue weighted by Gasteiger charge is -2.32. The first kappa shape index (κ1) is 18.2. The Kier molecular flexibility index (Phi) is 5.61. The van der Waals surface area contributed by atoms with Gasteiger partial charge in [0.1, 0.15) is 5.82 Å². The highest BCUT2D eigenvalue weighted by atomic mass is 16.2. The lowest BCUT2D eigenvalue weighted by Crippen LogP contribution is -2.42. The summed E-state index contributed by atoms with van der Waals surface area (Å²) in [5.41, 5.74) is 1.21. The van der Waals surface area contributed by atoms with Crippen LogP contribution in [0.15, 0.2) is 61.2 Å². The van der Waals surface area contributed by atoms with E-state index < -0.39 is 0 Å². The van der Waals surface area contributed by atoms with Gasteiger partial charge in [0, 0.05) is 37.9 Å². The summed E-state index contributed by atoms with van der Waals surface area (Å²) >= 11 is 0. The number of amides is 1. The molecule has 0 unspecified atom stereocenters. The number of hydrogen-bond acceptors (Lipinski definition) is 5. The van der Waals surface area contributed by atoms with E-state index in [9.17, 15) is 4.79 Å². The van der Waals surface area contributed by atoms with Gasteiger partial charge in [0.25, 0.3) is 0 Å².